The van der Waals surface area contributed by atoms with Gasteiger partial charge < -0.3 is 5.11 Å². The molecule has 1 N–H and O–H groups in total. The number of benzene rings is 1. The van der Waals surface area contributed by atoms with Crippen molar-refractivity contribution in [1.82, 2.24) is 9.55 Å². The standard InChI is InChI=1S/C15H18N2O2S/c1-2-3-11-20-15-16-13-8-5-4-7-12(13)14(19)17(15)9-6-10-18/h2,4-5,7-8,18H,1,3,6,9-11H2. The van der Waals surface area contributed by atoms with E-state index >= 15 is 0 Å². The van der Waals surface area contributed by atoms with Crippen molar-refractivity contribution in [3.63, 3.8) is 0 Å². The second-order valence-corrected chi connectivity index (χ2v) is 5.43. The largest absolute Gasteiger partial charge is 0.396 e. The predicted octanol–water partition coefficient (Wildman–Crippen LogP) is 2.45. The highest BCUT2D eigenvalue weighted by atomic mass is 32.2. The van der Waals surface area contributed by atoms with E-state index in [0.717, 1.165) is 17.7 Å². The molecule has 1 aromatic heterocycles. The summed E-state index contributed by atoms with van der Waals surface area (Å²) in [6.45, 7) is 4.25. The maximum atomic E-state index is 12.5. The average Bonchev–Trinajstić information content (AvgIpc) is 2.47. The Morgan fingerprint density at radius 1 is 1.40 bits per heavy atom. The average molecular weight is 290 g/mol. The van der Waals surface area contributed by atoms with Gasteiger partial charge in [0.2, 0.25) is 0 Å². The molecule has 0 spiro atoms. The highest BCUT2D eigenvalue weighted by Crippen LogP contribution is 2.18. The van der Waals surface area contributed by atoms with Crippen LogP contribution in [0.25, 0.3) is 10.9 Å². The molecule has 4 nitrogen and oxygen atoms in total. The summed E-state index contributed by atoms with van der Waals surface area (Å²) in [5, 5.41) is 10.3. The van der Waals surface area contributed by atoms with Crippen molar-refractivity contribution >= 4 is 22.7 Å². The molecule has 0 aliphatic carbocycles. The minimum Gasteiger partial charge on any atom is -0.396 e. The number of aliphatic hydroxyl groups is 1. The Labute approximate surface area is 122 Å². The van der Waals surface area contributed by atoms with Crippen LogP contribution in [0.15, 0.2) is 46.9 Å². The number of hydrogen-bond donors (Lipinski definition) is 1. The van der Waals surface area contributed by atoms with Gasteiger partial charge in [-0.1, -0.05) is 30.0 Å². The molecule has 0 amide bonds. The van der Waals surface area contributed by atoms with Gasteiger partial charge >= 0.3 is 0 Å². The van der Waals surface area contributed by atoms with Crippen molar-refractivity contribution in [3.8, 4) is 0 Å². The van der Waals surface area contributed by atoms with Crippen LogP contribution in [0.5, 0.6) is 0 Å². The molecule has 0 saturated carbocycles. The smallest absolute Gasteiger partial charge is 0.262 e. The van der Waals surface area contributed by atoms with E-state index < -0.39 is 0 Å². The molecule has 0 bridgehead atoms. The van der Waals surface area contributed by atoms with Crippen molar-refractivity contribution in [2.45, 2.75) is 24.5 Å². The van der Waals surface area contributed by atoms with Gasteiger partial charge in [-0.2, -0.15) is 0 Å². The Kier molecular flexibility index (Phi) is 5.38. The molecule has 2 rings (SSSR count). The quantitative estimate of drug-likeness (QED) is 0.368. The third-order valence-electron chi connectivity index (χ3n) is 2.92. The summed E-state index contributed by atoms with van der Waals surface area (Å²) in [6.07, 6.45) is 3.27. The van der Waals surface area contributed by atoms with Gasteiger partial charge in [0, 0.05) is 18.9 Å². The Morgan fingerprint density at radius 2 is 2.20 bits per heavy atom. The van der Waals surface area contributed by atoms with Crippen molar-refractivity contribution in [2.75, 3.05) is 12.4 Å². The fourth-order valence-corrected chi connectivity index (χ4v) is 2.88. The molecule has 20 heavy (non-hydrogen) atoms. The van der Waals surface area contributed by atoms with E-state index in [0.29, 0.717) is 23.5 Å². The summed E-state index contributed by atoms with van der Waals surface area (Å²) in [7, 11) is 0. The summed E-state index contributed by atoms with van der Waals surface area (Å²) >= 11 is 1.55. The first-order valence-corrected chi connectivity index (χ1v) is 7.60. The lowest BCUT2D eigenvalue weighted by molar-refractivity contribution is 0.276. The van der Waals surface area contributed by atoms with E-state index in [2.05, 4.69) is 11.6 Å². The summed E-state index contributed by atoms with van der Waals surface area (Å²) in [6, 6.07) is 7.36. The number of allylic oxidation sites excluding steroid dienone is 1. The zero-order chi connectivity index (χ0) is 14.4. The van der Waals surface area contributed by atoms with Gasteiger partial charge in [-0.15, -0.1) is 6.58 Å². The first kappa shape index (κ1) is 14.8. The van der Waals surface area contributed by atoms with Gasteiger partial charge in [-0.3, -0.25) is 9.36 Å². The lowest BCUT2D eigenvalue weighted by Gasteiger charge is -2.12. The number of hydrogen-bond acceptors (Lipinski definition) is 4. The monoisotopic (exact) mass is 290 g/mol. The molecule has 1 heterocycles. The zero-order valence-corrected chi connectivity index (χ0v) is 12.1. The summed E-state index contributed by atoms with van der Waals surface area (Å²) in [4.78, 5) is 17.1. The topological polar surface area (TPSA) is 55.1 Å². The number of aliphatic hydroxyl groups excluding tert-OH is 1. The van der Waals surface area contributed by atoms with Crippen molar-refractivity contribution in [2.24, 2.45) is 0 Å². The van der Waals surface area contributed by atoms with Crippen LogP contribution >= 0.6 is 11.8 Å². The minimum absolute atomic E-state index is 0.0369. The van der Waals surface area contributed by atoms with Crippen LogP contribution in [0.4, 0.5) is 0 Å². The van der Waals surface area contributed by atoms with Crippen LogP contribution in [0.3, 0.4) is 0 Å². The van der Waals surface area contributed by atoms with Crippen molar-refractivity contribution < 1.29 is 5.11 Å². The number of thioether (sulfide) groups is 1. The fraction of sp³-hybridized carbons (Fsp3) is 0.333. The van der Waals surface area contributed by atoms with Gasteiger partial charge in [0.05, 0.1) is 10.9 Å². The van der Waals surface area contributed by atoms with Gasteiger partial charge in [-0.25, -0.2) is 4.98 Å². The van der Waals surface area contributed by atoms with E-state index in [1.54, 1.807) is 22.4 Å². The minimum atomic E-state index is -0.0369. The lowest BCUT2D eigenvalue weighted by atomic mass is 10.2. The second kappa shape index (κ2) is 7.26. The number of aromatic nitrogens is 2. The maximum absolute atomic E-state index is 12.5. The summed E-state index contributed by atoms with van der Waals surface area (Å²) in [5.41, 5.74) is 0.684. The first-order valence-electron chi connectivity index (χ1n) is 6.62. The molecular weight excluding hydrogens is 272 g/mol. The molecular formula is C15H18N2O2S. The van der Waals surface area contributed by atoms with Crippen LogP contribution < -0.4 is 5.56 Å². The molecule has 0 aliphatic heterocycles. The van der Waals surface area contributed by atoms with Gasteiger partial charge in [0.25, 0.3) is 5.56 Å². The maximum Gasteiger partial charge on any atom is 0.262 e. The van der Waals surface area contributed by atoms with Gasteiger partial charge in [0.1, 0.15) is 0 Å². The fourth-order valence-electron chi connectivity index (χ4n) is 1.92. The number of nitrogens with zero attached hydrogens (tertiary/aromatic N) is 2. The van der Waals surface area contributed by atoms with Gasteiger partial charge in [0.15, 0.2) is 5.16 Å². The third kappa shape index (κ3) is 3.29. The highest BCUT2D eigenvalue weighted by Gasteiger charge is 2.10. The molecule has 0 atom stereocenters. The van der Waals surface area contributed by atoms with Gasteiger partial charge in [-0.05, 0) is 25.0 Å². The summed E-state index contributed by atoms with van der Waals surface area (Å²) in [5.74, 6) is 0.841. The van der Waals surface area contributed by atoms with Crippen LogP contribution in [-0.2, 0) is 6.54 Å². The molecule has 0 saturated heterocycles. The zero-order valence-electron chi connectivity index (χ0n) is 11.3. The Hall–Kier alpha value is -1.59. The van der Waals surface area contributed by atoms with E-state index in [1.807, 2.05) is 24.3 Å². The lowest BCUT2D eigenvalue weighted by Crippen LogP contribution is -2.24. The Balaban J connectivity index is 2.45. The molecule has 0 fully saturated rings. The molecule has 0 unspecified atom stereocenters. The molecule has 106 valence electrons. The van der Waals surface area contributed by atoms with E-state index in [1.165, 1.54) is 0 Å². The van der Waals surface area contributed by atoms with E-state index in [9.17, 15) is 4.79 Å². The van der Waals surface area contributed by atoms with Crippen LogP contribution in [0, 0.1) is 0 Å². The number of rotatable bonds is 7. The molecule has 5 heteroatoms. The Morgan fingerprint density at radius 3 is 2.95 bits per heavy atom. The molecule has 1 aromatic carbocycles. The van der Waals surface area contributed by atoms with Crippen molar-refractivity contribution in [1.29, 1.82) is 0 Å². The normalized spacial score (nSPS) is 10.8. The second-order valence-electron chi connectivity index (χ2n) is 4.37. The molecule has 2 aromatic rings. The Bertz CT molecular complexity index is 652. The first-order chi connectivity index (χ1) is 9.77. The van der Waals surface area contributed by atoms with E-state index in [4.69, 9.17) is 5.11 Å². The van der Waals surface area contributed by atoms with Crippen LogP contribution in [0.1, 0.15) is 12.8 Å². The molecule has 0 aliphatic rings. The number of para-hydroxylation sites is 1. The predicted molar refractivity (Wildman–Crippen MR) is 83.2 cm³/mol. The molecule has 0 radical (unpaired) electrons. The van der Waals surface area contributed by atoms with Crippen LogP contribution in [0.2, 0.25) is 0 Å². The highest BCUT2D eigenvalue weighted by molar-refractivity contribution is 7.99. The number of fused-ring (bicyclic) bond motifs is 1. The van der Waals surface area contributed by atoms with Crippen molar-refractivity contribution in [3.05, 3.63) is 47.3 Å². The van der Waals surface area contributed by atoms with E-state index in [-0.39, 0.29) is 12.2 Å². The summed E-state index contributed by atoms with van der Waals surface area (Å²) < 4.78 is 1.66. The van der Waals surface area contributed by atoms with Crippen LogP contribution in [-0.4, -0.2) is 27.0 Å². The SMILES string of the molecule is C=CCCSc1nc2ccccc2c(=O)n1CCCO. The third-order valence-corrected chi connectivity index (χ3v) is 3.93.